The summed E-state index contributed by atoms with van der Waals surface area (Å²) in [6, 6.07) is 12.7. The Hall–Kier alpha value is -1.23. The highest BCUT2D eigenvalue weighted by atomic mass is 79.9. The van der Waals surface area contributed by atoms with Crippen molar-refractivity contribution in [1.82, 2.24) is 5.32 Å². The van der Waals surface area contributed by atoms with Crippen LogP contribution in [0.3, 0.4) is 0 Å². The van der Waals surface area contributed by atoms with Crippen molar-refractivity contribution in [3.63, 3.8) is 0 Å². The summed E-state index contributed by atoms with van der Waals surface area (Å²) in [5, 5.41) is 4.12. The van der Waals surface area contributed by atoms with Crippen LogP contribution < -0.4 is 10.1 Å². The fourth-order valence-corrected chi connectivity index (χ4v) is 2.71. The zero-order valence-corrected chi connectivity index (χ0v) is 14.7. The van der Waals surface area contributed by atoms with Gasteiger partial charge in [-0.2, -0.15) is 0 Å². The first-order valence-electron chi connectivity index (χ1n) is 6.63. The van der Waals surface area contributed by atoms with E-state index in [9.17, 15) is 4.79 Å². The molecule has 0 fully saturated rings. The van der Waals surface area contributed by atoms with Gasteiger partial charge in [0.1, 0.15) is 5.75 Å². The summed E-state index contributed by atoms with van der Waals surface area (Å²) >= 11 is 15.0. The number of halogens is 3. The molecule has 0 radical (unpaired) electrons. The Morgan fingerprint density at radius 3 is 2.45 bits per heavy atom. The Morgan fingerprint density at radius 1 is 1.09 bits per heavy atom. The molecule has 116 valence electrons. The monoisotopic (exact) mass is 401 g/mol. The second-order valence-electron chi connectivity index (χ2n) is 4.59. The molecular formula is C16H14BrCl2NO2. The van der Waals surface area contributed by atoms with E-state index in [1.54, 1.807) is 18.2 Å². The van der Waals surface area contributed by atoms with Crippen LogP contribution in [-0.2, 0) is 11.2 Å². The topological polar surface area (TPSA) is 38.3 Å². The van der Waals surface area contributed by atoms with E-state index in [4.69, 9.17) is 27.9 Å². The molecule has 0 saturated heterocycles. The number of benzene rings is 2. The highest BCUT2D eigenvalue weighted by Crippen LogP contribution is 2.27. The molecule has 0 aliphatic carbocycles. The number of hydrogen-bond acceptors (Lipinski definition) is 2. The number of ether oxygens (including phenoxy) is 1. The van der Waals surface area contributed by atoms with Crippen molar-refractivity contribution in [1.29, 1.82) is 0 Å². The van der Waals surface area contributed by atoms with Gasteiger partial charge >= 0.3 is 0 Å². The molecule has 0 aliphatic rings. The molecule has 22 heavy (non-hydrogen) atoms. The van der Waals surface area contributed by atoms with E-state index in [2.05, 4.69) is 21.2 Å². The van der Waals surface area contributed by atoms with Crippen LogP contribution >= 0.6 is 39.1 Å². The summed E-state index contributed by atoms with van der Waals surface area (Å²) in [6.45, 7) is 0.506. The standard InChI is InChI=1S/C16H14BrCl2NO2/c17-14-9-13(19)5-6-15(14)22-10-16(21)20-8-7-11-1-3-12(18)4-2-11/h1-6,9H,7-8,10H2,(H,20,21). The summed E-state index contributed by atoms with van der Waals surface area (Å²) in [6.07, 6.45) is 0.744. The Morgan fingerprint density at radius 2 is 1.77 bits per heavy atom. The molecule has 6 heteroatoms. The van der Waals surface area contributed by atoms with Crippen molar-refractivity contribution in [2.24, 2.45) is 0 Å². The van der Waals surface area contributed by atoms with Gasteiger partial charge in [-0.05, 0) is 58.2 Å². The highest BCUT2D eigenvalue weighted by molar-refractivity contribution is 9.10. The number of hydrogen-bond donors (Lipinski definition) is 1. The number of carbonyl (C=O) groups is 1. The lowest BCUT2D eigenvalue weighted by Gasteiger charge is -2.09. The van der Waals surface area contributed by atoms with Gasteiger partial charge in [-0.15, -0.1) is 0 Å². The molecule has 0 atom stereocenters. The maximum atomic E-state index is 11.7. The average molecular weight is 403 g/mol. The predicted octanol–water partition coefficient (Wildman–Crippen LogP) is 4.49. The van der Waals surface area contributed by atoms with E-state index in [1.165, 1.54) is 0 Å². The van der Waals surface area contributed by atoms with Gasteiger partial charge < -0.3 is 10.1 Å². The quantitative estimate of drug-likeness (QED) is 0.772. The second-order valence-corrected chi connectivity index (χ2v) is 6.32. The minimum Gasteiger partial charge on any atom is -0.483 e. The predicted molar refractivity (Wildman–Crippen MR) is 92.8 cm³/mol. The summed E-state index contributed by atoms with van der Waals surface area (Å²) < 4.78 is 6.15. The highest BCUT2D eigenvalue weighted by Gasteiger charge is 2.06. The number of amides is 1. The molecule has 0 bridgehead atoms. The Bertz CT molecular complexity index is 647. The fourth-order valence-electron chi connectivity index (χ4n) is 1.78. The Balaban J connectivity index is 1.72. The number of nitrogens with one attached hydrogen (secondary N) is 1. The van der Waals surface area contributed by atoms with Crippen molar-refractivity contribution < 1.29 is 9.53 Å². The van der Waals surface area contributed by atoms with Crippen LogP contribution in [0.4, 0.5) is 0 Å². The molecule has 2 aromatic rings. The van der Waals surface area contributed by atoms with Crippen LogP contribution in [-0.4, -0.2) is 19.1 Å². The molecule has 0 unspecified atom stereocenters. The van der Waals surface area contributed by atoms with Gasteiger partial charge in [-0.3, -0.25) is 4.79 Å². The van der Waals surface area contributed by atoms with E-state index in [1.807, 2.05) is 24.3 Å². The first-order chi connectivity index (χ1) is 10.5. The van der Waals surface area contributed by atoms with Crippen molar-refractivity contribution in [2.45, 2.75) is 6.42 Å². The SMILES string of the molecule is O=C(COc1ccc(Cl)cc1Br)NCCc1ccc(Cl)cc1. The molecule has 1 N–H and O–H groups in total. The molecular weight excluding hydrogens is 389 g/mol. The van der Waals surface area contributed by atoms with Gasteiger partial charge in [0.25, 0.3) is 5.91 Å². The zero-order chi connectivity index (χ0) is 15.9. The maximum absolute atomic E-state index is 11.7. The average Bonchev–Trinajstić information content (AvgIpc) is 2.48. The normalized spacial score (nSPS) is 10.3. The lowest BCUT2D eigenvalue weighted by Crippen LogP contribution is -2.30. The third-order valence-corrected chi connectivity index (χ3v) is 4.01. The summed E-state index contributed by atoms with van der Waals surface area (Å²) in [5.74, 6) is 0.410. The van der Waals surface area contributed by atoms with E-state index in [0.29, 0.717) is 26.8 Å². The third kappa shape index (κ3) is 5.52. The molecule has 0 spiro atoms. The van der Waals surface area contributed by atoms with Gasteiger partial charge in [0.15, 0.2) is 6.61 Å². The molecule has 0 aromatic heterocycles. The van der Waals surface area contributed by atoms with Crippen molar-refractivity contribution in [2.75, 3.05) is 13.2 Å². The smallest absolute Gasteiger partial charge is 0.257 e. The van der Waals surface area contributed by atoms with Crippen molar-refractivity contribution in [3.8, 4) is 5.75 Å². The summed E-state index contributed by atoms with van der Waals surface area (Å²) in [4.78, 5) is 11.7. The van der Waals surface area contributed by atoms with Crippen LogP contribution in [0.1, 0.15) is 5.56 Å². The number of carbonyl (C=O) groups excluding carboxylic acids is 1. The van der Waals surface area contributed by atoms with Crippen LogP contribution in [0.25, 0.3) is 0 Å². The molecule has 2 aromatic carbocycles. The van der Waals surface area contributed by atoms with Gasteiger partial charge in [0, 0.05) is 16.6 Å². The van der Waals surface area contributed by atoms with E-state index < -0.39 is 0 Å². The van der Waals surface area contributed by atoms with Crippen LogP contribution in [0.2, 0.25) is 10.0 Å². The molecule has 2 rings (SSSR count). The van der Waals surface area contributed by atoms with Crippen molar-refractivity contribution in [3.05, 3.63) is 62.5 Å². The lowest BCUT2D eigenvalue weighted by atomic mass is 10.1. The van der Waals surface area contributed by atoms with Gasteiger partial charge in [-0.1, -0.05) is 35.3 Å². The van der Waals surface area contributed by atoms with Gasteiger partial charge in [-0.25, -0.2) is 0 Å². The molecule has 0 heterocycles. The molecule has 0 aliphatic heterocycles. The molecule has 3 nitrogen and oxygen atoms in total. The first kappa shape index (κ1) is 17.1. The van der Waals surface area contributed by atoms with Crippen LogP contribution in [0, 0.1) is 0 Å². The third-order valence-electron chi connectivity index (χ3n) is 2.90. The largest absolute Gasteiger partial charge is 0.483 e. The van der Waals surface area contributed by atoms with Crippen LogP contribution in [0.15, 0.2) is 46.9 Å². The fraction of sp³-hybridized carbons (Fsp3) is 0.188. The molecule has 1 amide bonds. The second kappa shape index (κ2) is 8.42. The first-order valence-corrected chi connectivity index (χ1v) is 8.18. The lowest BCUT2D eigenvalue weighted by molar-refractivity contribution is -0.123. The van der Waals surface area contributed by atoms with E-state index >= 15 is 0 Å². The maximum Gasteiger partial charge on any atom is 0.257 e. The molecule has 0 saturated carbocycles. The minimum absolute atomic E-state index is 0.0408. The van der Waals surface area contributed by atoms with Crippen LogP contribution in [0.5, 0.6) is 5.75 Å². The Kier molecular flexibility index (Phi) is 6.55. The van der Waals surface area contributed by atoms with Gasteiger partial charge in [0.05, 0.1) is 4.47 Å². The van der Waals surface area contributed by atoms with E-state index in [-0.39, 0.29) is 12.5 Å². The summed E-state index contributed by atoms with van der Waals surface area (Å²) in [5.41, 5.74) is 1.12. The Labute approximate surface area is 147 Å². The summed E-state index contributed by atoms with van der Waals surface area (Å²) in [7, 11) is 0. The van der Waals surface area contributed by atoms with E-state index in [0.717, 1.165) is 12.0 Å². The number of rotatable bonds is 6. The van der Waals surface area contributed by atoms with Crippen molar-refractivity contribution >= 4 is 45.0 Å². The van der Waals surface area contributed by atoms with Gasteiger partial charge in [0.2, 0.25) is 0 Å². The zero-order valence-electron chi connectivity index (χ0n) is 11.6. The minimum atomic E-state index is -0.171.